The van der Waals surface area contributed by atoms with E-state index in [2.05, 4.69) is 31.7 Å². The Morgan fingerprint density at radius 2 is 1.82 bits per heavy atom. The van der Waals surface area contributed by atoms with Crippen LogP contribution in [0.5, 0.6) is 5.75 Å². The number of hydrogen-bond donors (Lipinski definition) is 0. The number of benzene rings is 2. The van der Waals surface area contributed by atoms with E-state index in [0.29, 0.717) is 22.1 Å². The van der Waals surface area contributed by atoms with Crippen molar-refractivity contribution in [1.29, 1.82) is 0 Å². The van der Waals surface area contributed by atoms with E-state index >= 15 is 0 Å². The fourth-order valence-electron chi connectivity index (χ4n) is 1.61. The summed E-state index contributed by atoms with van der Waals surface area (Å²) in [6.07, 6.45) is 0.371. The van der Waals surface area contributed by atoms with Gasteiger partial charge in [-0.2, -0.15) is 0 Å². The molecule has 0 amide bonds. The van der Waals surface area contributed by atoms with Crippen molar-refractivity contribution < 1.29 is 9.04 Å². The zero-order chi connectivity index (χ0) is 12.3. The Hall–Kier alpha value is -0.805. The maximum absolute atomic E-state index is 13.9. The summed E-state index contributed by atoms with van der Waals surface area (Å²) in [5, 5.41) is 0. The van der Waals surface area contributed by atoms with Crippen LogP contribution in [0.25, 0.3) is 11.1 Å². The summed E-state index contributed by atoms with van der Waals surface area (Å²) >= 11 is 6.56. The highest BCUT2D eigenvalue weighted by molar-refractivity contribution is 9.23. The minimum absolute atomic E-state index is 0.273. The smallest absolute Gasteiger partial charge is 0.416 e. The molecule has 2 aromatic rings. The molecule has 0 fully saturated rings. The van der Waals surface area contributed by atoms with E-state index in [4.69, 9.17) is 4.65 Å². The summed E-state index contributed by atoms with van der Waals surface area (Å²) in [7, 11) is 0. The second-order valence-corrected chi connectivity index (χ2v) is 4.66. The molecule has 0 atom stereocenters. The molecule has 0 saturated heterocycles. The number of halogens is 3. The molecule has 0 aliphatic heterocycles. The first-order chi connectivity index (χ1) is 8.24. The first-order valence-corrected chi connectivity index (χ1v) is 6.87. The lowest BCUT2D eigenvalue weighted by Gasteiger charge is -2.12. The molecule has 2 aromatic carbocycles. The van der Waals surface area contributed by atoms with Crippen LogP contribution in [0.1, 0.15) is 0 Å². The van der Waals surface area contributed by atoms with Gasteiger partial charge in [0.2, 0.25) is 0 Å². The van der Waals surface area contributed by atoms with Crippen molar-refractivity contribution in [3.63, 3.8) is 0 Å². The normalized spacial score (nSPS) is 10.1. The van der Waals surface area contributed by atoms with Crippen LogP contribution >= 0.6 is 31.7 Å². The Morgan fingerprint density at radius 3 is 2.53 bits per heavy atom. The van der Waals surface area contributed by atoms with Crippen molar-refractivity contribution in [2.24, 2.45) is 0 Å². The molecular formula is C12H8BBr2FO. The second kappa shape index (κ2) is 5.69. The van der Waals surface area contributed by atoms with Crippen LogP contribution in [-0.4, -0.2) is 6.31 Å². The summed E-state index contributed by atoms with van der Waals surface area (Å²) in [5.74, 6) is 0.375. The van der Waals surface area contributed by atoms with Crippen LogP contribution < -0.4 is 4.65 Å². The lowest BCUT2D eigenvalue weighted by molar-refractivity contribution is 0.608. The third-order valence-corrected chi connectivity index (χ3v) is 3.22. The van der Waals surface area contributed by atoms with Crippen molar-refractivity contribution >= 4 is 38.0 Å². The zero-order valence-corrected chi connectivity index (χ0v) is 12.0. The standard InChI is InChI=1S/C12H8BBr2FO/c14-9-5-3-6-10(16)12(9)8-4-1-2-7-11(8)17-13-15/h1-7,13H. The van der Waals surface area contributed by atoms with Crippen LogP contribution in [0.4, 0.5) is 4.39 Å². The highest BCUT2D eigenvalue weighted by Gasteiger charge is 2.13. The highest BCUT2D eigenvalue weighted by Crippen LogP contribution is 2.36. The van der Waals surface area contributed by atoms with E-state index < -0.39 is 0 Å². The molecule has 1 nitrogen and oxygen atoms in total. The van der Waals surface area contributed by atoms with E-state index in [1.165, 1.54) is 6.07 Å². The maximum atomic E-state index is 13.9. The summed E-state index contributed by atoms with van der Waals surface area (Å²) in [6.45, 7) is 0. The monoisotopic (exact) mass is 356 g/mol. The van der Waals surface area contributed by atoms with Crippen LogP contribution in [0.3, 0.4) is 0 Å². The molecule has 0 radical (unpaired) electrons. The summed E-state index contributed by atoms with van der Waals surface area (Å²) in [6, 6.07) is 12.3. The van der Waals surface area contributed by atoms with Gasteiger partial charge in [-0.05, 0) is 18.2 Å². The molecule has 5 heteroatoms. The largest absolute Gasteiger partial charge is 0.552 e. The van der Waals surface area contributed by atoms with E-state index in [9.17, 15) is 4.39 Å². The molecule has 0 aliphatic rings. The predicted molar refractivity (Wildman–Crippen MR) is 76.2 cm³/mol. The first kappa shape index (κ1) is 12.6. The van der Waals surface area contributed by atoms with Gasteiger partial charge in [-0.3, -0.25) is 0 Å². The van der Waals surface area contributed by atoms with Crippen LogP contribution in [0, 0.1) is 5.82 Å². The molecule has 0 N–H and O–H groups in total. The van der Waals surface area contributed by atoms with Crippen molar-refractivity contribution in [2.75, 3.05) is 0 Å². The molecule has 0 saturated carbocycles. The number of para-hydroxylation sites is 1. The molecule has 0 bridgehead atoms. The van der Waals surface area contributed by atoms with Crippen molar-refractivity contribution in [2.45, 2.75) is 0 Å². The fraction of sp³-hybridized carbons (Fsp3) is 0. The van der Waals surface area contributed by atoms with Gasteiger partial charge in [0.1, 0.15) is 11.6 Å². The average molecular weight is 358 g/mol. The third kappa shape index (κ3) is 2.72. The summed E-state index contributed by atoms with van der Waals surface area (Å²) in [5.41, 5.74) is 1.25. The molecule has 0 aromatic heterocycles. The molecule has 86 valence electrons. The molecular weight excluding hydrogens is 350 g/mol. The van der Waals surface area contributed by atoms with Gasteiger partial charge in [-0.1, -0.05) is 40.2 Å². The van der Waals surface area contributed by atoms with Crippen LogP contribution in [0.2, 0.25) is 0 Å². The highest BCUT2D eigenvalue weighted by atomic mass is 79.9. The Balaban J connectivity index is 2.60. The molecule has 0 spiro atoms. The van der Waals surface area contributed by atoms with Gasteiger partial charge >= 0.3 is 6.31 Å². The molecule has 0 aliphatic carbocycles. The number of hydrogen-bond acceptors (Lipinski definition) is 1. The minimum Gasteiger partial charge on any atom is -0.552 e. The van der Waals surface area contributed by atoms with Gasteiger partial charge in [0.15, 0.2) is 0 Å². The van der Waals surface area contributed by atoms with E-state index in [-0.39, 0.29) is 5.82 Å². The quantitative estimate of drug-likeness (QED) is 0.744. The zero-order valence-electron chi connectivity index (χ0n) is 8.79. The predicted octanol–water partition coefficient (Wildman–Crippen LogP) is 4.30. The average Bonchev–Trinajstić information content (AvgIpc) is 2.31. The minimum atomic E-state index is -0.273. The topological polar surface area (TPSA) is 9.23 Å². The number of rotatable bonds is 3. The Kier molecular flexibility index (Phi) is 4.23. The molecule has 0 heterocycles. The van der Waals surface area contributed by atoms with Crippen LogP contribution in [0.15, 0.2) is 46.9 Å². The van der Waals surface area contributed by atoms with Crippen molar-refractivity contribution in [3.05, 3.63) is 52.8 Å². The van der Waals surface area contributed by atoms with E-state index in [0.717, 1.165) is 5.56 Å². The second-order valence-electron chi connectivity index (χ2n) is 3.35. The van der Waals surface area contributed by atoms with E-state index in [1.807, 2.05) is 30.3 Å². The van der Waals surface area contributed by atoms with Gasteiger partial charge in [0.05, 0.1) is 0 Å². The first-order valence-electron chi connectivity index (χ1n) is 4.96. The summed E-state index contributed by atoms with van der Waals surface area (Å²) in [4.78, 5) is 0. The SMILES string of the molecule is Fc1cccc(Br)c1-c1ccccc1OBBr. The Morgan fingerprint density at radius 1 is 1.06 bits per heavy atom. The van der Waals surface area contributed by atoms with Gasteiger partial charge < -0.3 is 4.65 Å². The Bertz CT molecular complexity index is 513. The molecule has 0 unspecified atom stereocenters. The van der Waals surface area contributed by atoms with Crippen molar-refractivity contribution in [3.8, 4) is 16.9 Å². The van der Waals surface area contributed by atoms with Gasteiger partial charge in [-0.15, -0.1) is 15.8 Å². The van der Waals surface area contributed by atoms with Crippen LogP contribution in [-0.2, 0) is 0 Å². The maximum Gasteiger partial charge on any atom is 0.416 e. The van der Waals surface area contributed by atoms with Gasteiger partial charge in [0, 0.05) is 15.6 Å². The lowest BCUT2D eigenvalue weighted by Crippen LogP contribution is -1.96. The van der Waals surface area contributed by atoms with Gasteiger partial charge in [0.25, 0.3) is 0 Å². The van der Waals surface area contributed by atoms with E-state index in [1.54, 1.807) is 6.07 Å². The fourth-order valence-corrected chi connectivity index (χ4v) is 2.42. The van der Waals surface area contributed by atoms with Gasteiger partial charge in [-0.25, -0.2) is 4.39 Å². The molecule has 17 heavy (non-hydrogen) atoms. The Labute approximate surface area is 116 Å². The lowest BCUT2D eigenvalue weighted by atomic mass is 10.0. The molecule has 2 rings (SSSR count). The van der Waals surface area contributed by atoms with Crippen molar-refractivity contribution in [1.82, 2.24) is 0 Å². The third-order valence-electron chi connectivity index (χ3n) is 2.33. The summed E-state index contributed by atoms with van der Waals surface area (Å²) < 4.78 is 20.0.